The molecule has 0 heterocycles. The molecule has 0 aliphatic rings. The van der Waals surface area contributed by atoms with Crippen molar-refractivity contribution in [2.75, 3.05) is 5.32 Å². The number of amides is 1. The zero-order valence-electron chi connectivity index (χ0n) is 16.5. The maximum Gasteiger partial charge on any atom is 0.245 e. The lowest BCUT2D eigenvalue weighted by atomic mass is 9.76. The normalized spacial score (nSPS) is 10.4. The summed E-state index contributed by atoms with van der Waals surface area (Å²) in [6, 6.07) is 26.7. The van der Waals surface area contributed by atoms with E-state index in [1.54, 1.807) is 72.8 Å². The van der Waals surface area contributed by atoms with Gasteiger partial charge >= 0.3 is 0 Å². The fourth-order valence-electron chi connectivity index (χ4n) is 3.23. The molecule has 0 radical (unpaired) electrons. The van der Waals surface area contributed by atoms with Gasteiger partial charge in [-0.05, 0) is 59.7 Å². The molecule has 0 unspecified atom stereocenters. The van der Waals surface area contributed by atoms with E-state index in [0.717, 1.165) is 11.1 Å². The first-order chi connectivity index (χ1) is 15.0. The van der Waals surface area contributed by atoms with Crippen molar-refractivity contribution in [1.82, 2.24) is 0 Å². The largest absolute Gasteiger partial charge is 0.325 e. The number of nitrogens with one attached hydrogen (secondary N) is 1. The minimum absolute atomic E-state index is 0.161. The van der Waals surface area contributed by atoms with E-state index in [1.807, 2.05) is 0 Å². The van der Waals surface area contributed by atoms with Crippen molar-refractivity contribution in [3.63, 3.8) is 0 Å². The van der Waals surface area contributed by atoms with Crippen molar-refractivity contribution >= 4 is 23.2 Å². The van der Waals surface area contributed by atoms with Gasteiger partial charge in [-0.2, -0.15) is 15.8 Å². The molecule has 0 bridgehead atoms. The van der Waals surface area contributed by atoms with Crippen molar-refractivity contribution in [1.29, 1.82) is 15.8 Å². The lowest BCUT2D eigenvalue weighted by Crippen LogP contribution is -2.39. The van der Waals surface area contributed by atoms with E-state index in [9.17, 15) is 10.1 Å². The van der Waals surface area contributed by atoms with Gasteiger partial charge in [-0.15, -0.1) is 0 Å². The maximum atomic E-state index is 13.3. The molecule has 3 aromatic rings. The third kappa shape index (κ3) is 5.28. The summed E-state index contributed by atoms with van der Waals surface area (Å²) in [6.45, 7) is 0. The average Bonchev–Trinajstić information content (AvgIpc) is 2.81. The fraction of sp³-hybridized carbons (Fsp3) is 0.120. The third-order valence-corrected chi connectivity index (χ3v) is 5.18. The second-order valence-electron chi connectivity index (χ2n) is 7.13. The second-order valence-corrected chi connectivity index (χ2v) is 7.56. The summed E-state index contributed by atoms with van der Waals surface area (Å²) in [7, 11) is 0. The highest BCUT2D eigenvalue weighted by atomic mass is 35.5. The van der Waals surface area contributed by atoms with Crippen LogP contribution in [0.3, 0.4) is 0 Å². The van der Waals surface area contributed by atoms with E-state index < -0.39 is 11.3 Å². The lowest BCUT2D eigenvalue weighted by molar-refractivity contribution is -0.122. The zero-order chi connectivity index (χ0) is 22.3. The maximum absolute atomic E-state index is 13.3. The summed E-state index contributed by atoms with van der Waals surface area (Å²) >= 11 is 5.92. The molecule has 150 valence electrons. The minimum Gasteiger partial charge on any atom is -0.325 e. The monoisotopic (exact) mass is 424 g/mol. The molecule has 1 amide bonds. The summed E-state index contributed by atoms with van der Waals surface area (Å²) in [5.74, 6) is -0.439. The summed E-state index contributed by atoms with van der Waals surface area (Å²) in [5, 5.41) is 31.6. The second kappa shape index (κ2) is 9.59. The first kappa shape index (κ1) is 21.6. The number of rotatable bonds is 6. The summed E-state index contributed by atoms with van der Waals surface area (Å²) < 4.78 is 0. The lowest BCUT2D eigenvalue weighted by Gasteiger charge is -2.26. The van der Waals surface area contributed by atoms with Gasteiger partial charge in [0.05, 0.1) is 29.3 Å². The van der Waals surface area contributed by atoms with Crippen LogP contribution in [0.1, 0.15) is 22.3 Å². The highest BCUT2D eigenvalue weighted by Gasteiger charge is 2.39. The number of nitrogens with zero attached hydrogens (tertiary/aromatic N) is 3. The van der Waals surface area contributed by atoms with Crippen LogP contribution in [0.4, 0.5) is 5.69 Å². The first-order valence-electron chi connectivity index (χ1n) is 9.44. The Labute approximate surface area is 185 Å². The quantitative estimate of drug-likeness (QED) is 0.600. The fourth-order valence-corrected chi connectivity index (χ4v) is 3.35. The number of carbonyl (C=O) groups is 1. The van der Waals surface area contributed by atoms with Crippen LogP contribution in [0.15, 0.2) is 72.8 Å². The van der Waals surface area contributed by atoms with E-state index in [0.29, 0.717) is 21.8 Å². The number of halogens is 1. The van der Waals surface area contributed by atoms with Gasteiger partial charge in [-0.3, -0.25) is 4.79 Å². The summed E-state index contributed by atoms with van der Waals surface area (Å²) in [4.78, 5) is 13.3. The standard InChI is InChI=1S/C25H17ClN4O/c26-22-9-11-23(12-10-22)30-24(31)25(17-29,13-18-1-5-20(15-27)6-2-18)14-19-3-7-21(16-28)8-4-19/h1-12H,13-14H2,(H,30,31). The van der Waals surface area contributed by atoms with Crippen LogP contribution in [0, 0.1) is 39.4 Å². The number of hydrogen-bond donors (Lipinski definition) is 1. The Bertz CT molecular complexity index is 1140. The van der Waals surface area contributed by atoms with Crippen LogP contribution in [0.2, 0.25) is 5.02 Å². The molecule has 0 aromatic heterocycles. The van der Waals surface area contributed by atoms with E-state index in [-0.39, 0.29) is 12.8 Å². The van der Waals surface area contributed by atoms with Gasteiger partial charge in [-0.25, -0.2) is 0 Å². The van der Waals surface area contributed by atoms with Gasteiger partial charge < -0.3 is 5.32 Å². The predicted molar refractivity (Wildman–Crippen MR) is 118 cm³/mol. The molecule has 3 aromatic carbocycles. The number of nitriles is 3. The number of anilines is 1. The van der Waals surface area contributed by atoms with E-state index in [2.05, 4.69) is 23.5 Å². The van der Waals surface area contributed by atoms with Crippen LogP contribution in [0.25, 0.3) is 0 Å². The van der Waals surface area contributed by atoms with Crippen LogP contribution >= 0.6 is 11.6 Å². The molecule has 6 heteroatoms. The molecule has 3 rings (SSSR count). The van der Waals surface area contributed by atoms with E-state index in [1.165, 1.54) is 0 Å². The highest BCUT2D eigenvalue weighted by molar-refractivity contribution is 6.30. The molecule has 0 aliphatic carbocycles. The summed E-state index contributed by atoms with van der Waals surface area (Å²) in [6.07, 6.45) is 0.323. The van der Waals surface area contributed by atoms with Gasteiger partial charge in [0, 0.05) is 23.6 Å². The van der Waals surface area contributed by atoms with Crippen LogP contribution < -0.4 is 5.32 Å². The van der Waals surface area contributed by atoms with Crippen molar-refractivity contribution in [2.24, 2.45) is 5.41 Å². The smallest absolute Gasteiger partial charge is 0.245 e. The van der Waals surface area contributed by atoms with E-state index >= 15 is 0 Å². The Balaban J connectivity index is 1.95. The SMILES string of the molecule is N#Cc1ccc(CC(C#N)(Cc2ccc(C#N)cc2)C(=O)Nc2ccc(Cl)cc2)cc1. The number of carbonyl (C=O) groups excluding carboxylic acids is 1. The van der Waals surface area contributed by atoms with Gasteiger partial charge in [0.2, 0.25) is 5.91 Å². The molecule has 0 saturated heterocycles. The van der Waals surface area contributed by atoms with Crippen molar-refractivity contribution in [3.8, 4) is 18.2 Å². The molecular formula is C25H17ClN4O. The first-order valence-corrected chi connectivity index (χ1v) is 9.82. The minimum atomic E-state index is -1.40. The van der Waals surface area contributed by atoms with Crippen LogP contribution in [0.5, 0.6) is 0 Å². The molecule has 1 N–H and O–H groups in total. The number of hydrogen-bond acceptors (Lipinski definition) is 4. The molecule has 31 heavy (non-hydrogen) atoms. The Morgan fingerprint density at radius 3 is 1.61 bits per heavy atom. The highest BCUT2D eigenvalue weighted by Crippen LogP contribution is 2.30. The molecule has 0 saturated carbocycles. The van der Waals surface area contributed by atoms with Crippen molar-refractivity contribution in [3.05, 3.63) is 100 Å². The van der Waals surface area contributed by atoms with Crippen molar-refractivity contribution < 1.29 is 4.79 Å². The molecule has 0 aliphatic heterocycles. The molecule has 0 spiro atoms. The predicted octanol–water partition coefficient (Wildman–Crippen LogP) is 5.02. The number of benzene rings is 3. The molecular weight excluding hydrogens is 408 g/mol. The van der Waals surface area contributed by atoms with Gasteiger partial charge in [-0.1, -0.05) is 35.9 Å². The zero-order valence-corrected chi connectivity index (χ0v) is 17.2. The van der Waals surface area contributed by atoms with Crippen LogP contribution in [-0.4, -0.2) is 5.91 Å². The van der Waals surface area contributed by atoms with Gasteiger partial charge in [0.15, 0.2) is 0 Å². The Kier molecular flexibility index (Phi) is 6.68. The molecule has 5 nitrogen and oxygen atoms in total. The molecule has 0 fully saturated rings. The average molecular weight is 425 g/mol. The van der Waals surface area contributed by atoms with Gasteiger partial charge in [0.25, 0.3) is 0 Å². The third-order valence-electron chi connectivity index (χ3n) is 4.93. The molecule has 0 atom stereocenters. The van der Waals surface area contributed by atoms with Crippen molar-refractivity contribution in [2.45, 2.75) is 12.8 Å². The Morgan fingerprint density at radius 1 is 0.774 bits per heavy atom. The Morgan fingerprint density at radius 2 is 1.23 bits per heavy atom. The van der Waals surface area contributed by atoms with E-state index in [4.69, 9.17) is 22.1 Å². The van der Waals surface area contributed by atoms with Crippen LogP contribution in [-0.2, 0) is 17.6 Å². The summed E-state index contributed by atoms with van der Waals surface area (Å²) in [5.41, 5.74) is 1.67. The topological polar surface area (TPSA) is 100 Å². The Hall–Kier alpha value is -4.11. The van der Waals surface area contributed by atoms with Gasteiger partial charge in [0.1, 0.15) is 5.41 Å².